The number of aromatic nitrogens is 4. The molecule has 0 aliphatic carbocycles. The lowest BCUT2D eigenvalue weighted by Gasteiger charge is -2.25. The lowest BCUT2D eigenvalue weighted by molar-refractivity contribution is 0.624. The Kier molecular flexibility index (Phi) is 4.23. The lowest BCUT2D eigenvalue weighted by atomic mass is 10.1. The van der Waals surface area contributed by atoms with E-state index in [9.17, 15) is 4.39 Å². The number of fused-ring (bicyclic) bond motifs is 2. The Hall–Kier alpha value is -3.68. The molecule has 0 amide bonds. The van der Waals surface area contributed by atoms with E-state index in [1.807, 2.05) is 18.2 Å². The third kappa shape index (κ3) is 3.33. The van der Waals surface area contributed by atoms with Crippen LogP contribution in [0.4, 0.5) is 21.8 Å². The molecule has 0 fully saturated rings. The summed E-state index contributed by atoms with van der Waals surface area (Å²) in [5, 5.41) is 7.80. The van der Waals surface area contributed by atoms with Crippen molar-refractivity contribution in [2.75, 3.05) is 28.6 Å². The number of hydrogen-bond donors (Lipinski definition) is 2. The Bertz CT molecular complexity index is 1170. The second-order valence-corrected chi connectivity index (χ2v) is 7.14. The number of halogens is 1. The van der Waals surface area contributed by atoms with Gasteiger partial charge in [-0.25, -0.2) is 4.39 Å². The fourth-order valence-corrected chi connectivity index (χ4v) is 3.88. The Morgan fingerprint density at radius 2 is 1.97 bits per heavy atom. The molecule has 4 aromatic rings. The van der Waals surface area contributed by atoms with Crippen LogP contribution >= 0.6 is 0 Å². The summed E-state index contributed by atoms with van der Waals surface area (Å²) in [7, 11) is 0. The van der Waals surface area contributed by atoms with E-state index in [0.29, 0.717) is 18.7 Å². The topological polar surface area (TPSA) is 87.0 Å². The van der Waals surface area contributed by atoms with E-state index < -0.39 is 0 Å². The van der Waals surface area contributed by atoms with Crippen molar-refractivity contribution in [3.63, 3.8) is 0 Å². The molecule has 146 valence electrons. The van der Waals surface area contributed by atoms with Gasteiger partial charge in [0.1, 0.15) is 11.6 Å². The first kappa shape index (κ1) is 17.4. The Morgan fingerprint density at radius 3 is 2.86 bits per heavy atom. The van der Waals surface area contributed by atoms with Crippen LogP contribution in [0.1, 0.15) is 11.1 Å². The summed E-state index contributed by atoms with van der Waals surface area (Å²) in [6.45, 7) is 2.82. The van der Waals surface area contributed by atoms with Crippen LogP contribution < -0.4 is 15.5 Å². The lowest BCUT2D eigenvalue weighted by Crippen LogP contribution is -2.31. The molecule has 0 saturated carbocycles. The number of para-hydroxylation sites is 1. The quantitative estimate of drug-likeness (QED) is 0.560. The number of H-pyrrole nitrogens is 1. The Labute approximate surface area is 167 Å². The summed E-state index contributed by atoms with van der Waals surface area (Å²) in [6.07, 6.45) is 1.73. The minimum absolute atomic E-state index is 0.214. The number of benzene rings is 2. The number of anilines is 3. The molecule has 1 aliphatic heterocycles. The molecule has 0 atom stereocenters. The number of nitrogen functional groups attached to an aromatic ring is 1. The molecular formula is C21H20FN7. The van der Waals surface area contributed by atoms with Crippen LogP contribution in [0.2, 0.25) is 0 Å². The molecule has 0 bridgehead atoms. The first-order chi connectivity index (χ1) is 14.2. The maximum Gasteiger partial charge on any atom is 0.224 e. The van der Waals surface area contributed by atoms with Gasteiger partial charge in [0, 0.05) is 31.9 Å². The van der Waals surface area contributed by atoms with E-state index in [-0.39, 0.29) is 11.8 Å². The van der Waals surface area contributed by atoms with Gasteiger partial charge >= 0.3 is 0 Å². The molecule has 2 aromatic carbocycles. The van der Waals surface area contributed by atoms with Gasteiger partial charge in [0.05, 0.1) is 11.6 Å². The highest BCUT2D eigenvalue weighted by atomic mass is 19.1. The zero-order chi connectivity index (χ0) is 19.8. The first-order valence-corrected chi connectivity index (χ1v) is 9.46. The number of nitrogens with two attached hydrogens (primary N) is 1. The van der Waals surface area contributed by atoms with Gasteiger partial charge < -0.3 is 15.5 Å². The second kappa shape index (κ2) is 7.05. The van der Waals surface area contributed by atoms with Gasteiger partial charge in [-0.3, -0.25) is 5.10 Å². The number of aromatic amines is 1. The highest BCUT2D eigenvalue weighted by Gasteiger charge is 2.23. The normalized spacial score (nSPS) is 14.1. The van der Waals surface area contributed by atoms with Gasteiger partial charge in [0.25, 0.3) is 0 Å². The summed E-state index contributed by atoms with van der Waals surface area (Å²) < 4.78 is 13.7. The summed E-state index contributed by atoms with van der Waals surface area (Å²) in [5.74, 6) is 0.764. The molecule has 7 nitrogen and oxygen atoms in total. The molecule has 3 N–H and O–H groups in total. The van der Waals surface area contributed by atoms with Gasteiger partial charge in [-0.15, -0.1) is 0 Å². The van der Waals surface area contributed by atoms with Crippen LogP contribution in [0.3, 0.4) is 0 Å². The van der Waals surface area contributed by atoms with Crippen molar-refractivity contribution in [3.8, 4) is 0 Å². The molecule has 2 aromatic heterocycles. The van der Waals surface area contributed by atoms with E-state index in [1.54, 1.807) is 18.3 Å². The molecule has 0 radical (unpaired) electrons. The van der Waals surface area contributed by atoms with Gasteiger partial charge in [0.2, 0.25) is 5.95 Å². The largest absolute Gasteiger partial charge is 0.368 e. The van der Waals surface area contributed by atoms with Gasteiger partial charge in [-0.05, 0) is 29.3 Å². The number of rotatable bonds is 3. The van der Waals surface area contributed by atoms with Crippen molar-refractivity contribution >= 4 is 28.5 Å². The third-order valence-electron chi connectivity index (χ3n) is 5.20. The smallest absolute Gasteiger partial charge is 0.224 e. The molecule has 0 unspecified atom stereocenters. The molecule has 0 spiro atoms. The average Bonchev–Trinajstić information content (AvgIpc) is 3.10. The highest BCUT2D eigenvalue weighted by molar-refractivity contribution is 5.87. The molecular weight excluding hydrogens is 369 g/mol. The fraction of sp³-hybridized carbons (Fsp3) is 0.190. The van der Waals surface area contributed by atoms with Crippen LogP contribution in [0.25, 0.3) is 11.0 Å². The minimum atomic E-state index is -0.217. The minimum Gasteiger partial charge on any atom is -0.368 e. The van der Waals surface area contributed by atoms with Crippen molar-refractivity contribution < 1.29 is 4.39 Å². The summed E-state index contributed by atoms with van der Waals surface area (Å²) in [5.41, 5.74) is 9.81. The van der Waals surface area contributed by atoms with E-state index in [4.69, 9.17) is 5.73 Å². The van der Waals surface area contributed by atoms with E-state index in [1.165, 1.54) is 11.6 Å². The Morgan fingerprint density at radius 1 is 1.07 bits per heavy atom. The zero-order valence-electron chi connectivity index (χ0n) is 15.7. The van der Waals surface area contributed by atoms with Crippen LogP contribution in [-0.4, -0.2) is 33.3 Å². The van der Waals surface area contributed by atoms with Crippen molar-refractivity contribution in [3.05, 3.63) is 71.7 Å². The third-order valence-corrected chi connectivity index (χ3v) is 5.20. The summed E-state index contributed by atoms with van der Waals surface area (Å²) in [4.78, 5) is 13.2. The fourth-order valence-electron chi connectivity index (χ4n) is 3.88. The Balaban J connectivity index is 1.51. The summed E-state index contributed by atoms with van der Waals surface area (Å²) in [6, 6.07) is 15.1. The monoisotopic (exact) mass is 389 g/mol. The first-order valence-electron chi connectivity index (χ1n) is 9.46. The van der Waals surface area contributed by atoms with Gasteiger partial charge in [-0.1, -0.05) is 30.3 Å². The predicted molar refractivity (Wildman–Crippen MR) is 111 cm³/mol. The number of nitrogens with zero attached hydrogens (tertiary/aromatic N) is 5. The van der Waals surface area contributed by atoms with Gasteiger partial charge in [-0.2, -0.15) is 15.1 Å². The van der Waals surface area contributed by atoms with Gasteiger partial charge in [0.15, 0.2) is 5.65 Å². The highest BCUT2D eigenvalue weighted by Crippen LogP contribution is 2.31. The molecule has 3 heterocycles. The SMILES string of the molecule is Nc1nc(N2CCN(Cc3cccc(F)c3)c3ccccc3C2)c2cn[nH]c2n1. The van der Waals surface area contributed by atoms with Crippen molar-refractivity contribution in [2.45, 2.75) is 13.1 Å². The van der Waals surface area contributed by atoms with Crippen LogP contribution in [0.5, 0.6) is 0 Å². The standard InChI is InChI=1S/C21H20FN7/c22-16-6-3-4-14(10-16)12-28-8-9-29(13-15-5-1-2-7-18(15)28)20-17-11-24-27-19(17)25-21(23)26-20/h1-7,10-11H,8-9,12-13H2,(H3,23,24,25,26,27). The van der Waals surface area contributed by atoms with E-state index in [0.717, 1.165) is 35.5 Å². The second-order valence-electron chi connectivity index (χ2n) is 7.14. The molecule has 1 aliphatic rings. The van der Waals surface area contributed by atoms with Crippen molar-refractivity contribution in [2.24, 2.45) is 0 Å². The molecule has 5 rings (SSSR count). The zero-order valence-corrected chi connectivity index (χ0v) is 15.7. The van der Waals surface area contributed by atoms with Crippen LogP contribution in [0.15, 0.2) is 54.7 Å². The number of nitrogens with one attached hydrogen (secondary N) is 1. The predicted octanol–water partition coefficient (Wildman–Crippen LogP) is 3.10. The van der Waals surface area contributed by atoms with Crippen LogP contribution in [0, 0.1) is 5.82 Å². The van der Waals surface area contributed by atoms with Crippen molar-refractivity contribution in [1.29, 1.82) is 0 Å². The molecule has 8 heteroatoms. The van der Waals surface area contributed by atoms with Crippen molar-refractivity contribution in [1.82, 2.24) is 20.2 Å². The average molecular weight is 389 g/mol. The van der Waals surface area contributed by atoms with E-state index >= 15 is 0 Å². The van der Waals surface area contributed by atoms with Crippen LogP contribution in [-0.2, 0) is 13.1 Å². The van der Waals surface area contributed by atoms with E-state index in [2.05, 4.69) is 42.1 Å². The maximum absolute atomic E-state index is 13.7. The summed E-state index contributed by atoms with van der Waals surface area (Å²) >= 11 is 0. The maximum atomic E-state index is 13.7. The number of hydrogen-bond acceptors (Lipinski definition) is 6. The molecule has 0 saturated heterocycles. The molecule has 29 heavy (non-hydrogen) atoms.